The molecule has 8 aromatic carbocycles. The Morgan fingerprint density at radius 1 is 0.327 bits per heavy atom. The minimum Gasteiger partial charge on any atom is -0.310 e. The third kappa shape index (κ3) is 7.02. The second-order valence-corrected chi connectivity index (χ2v) is 13.6. The molecule has 8 rings (SSSR count). The Balaban J connectivity index is 1.29. The zero-order chi connectivity index (χ0) is 35.3. The zero-order valence-electron chi connectivity index (χ0n) is 28.2. The molecule has 0 bridgehead atoms. The summed E-state index contributed by atoms with van der Waals surface area (Å²) in [5.41, 5.74) is 9.27. The molecule has 0 N–H and O–H groups in total. The van der Waals surface area contributed by atoms with E-state index in [-0.39, 0.29) is 11.6 Å². The average molecular weight is 694 g/mol. The molecule has 0 saturated carbocycles. The lowest BCUT2D eigenvalue weighted by Crippen LogP contribution is -2.12. The van der Waals surface area contributed by atoms with Crippen LogP contribution in [0.4, 0.5) is 25.8 Å². The van der Waals surface area contributed by atoms with E-state index in [2.05, 4.69) is 59.5 Å². The van der Waals surface area contributed by atoms with E-state index in [1.54, 1.807) is 12.1 Å². The Hall–Kier alpha value is -6.23. The Bertz CT molecular complexity index is 2450. The summed E-state index contributed by atoms with van der Waals surface area (Å²) in [5, 5.41) is 0. The van der Waals surface area contributed by atoms with E-state index in [9.17, 15) is 0 Å². The minimum atomic E-state index is -0.311. The van der Waals surface area contributed by atoms with Gasteiger partial charge in [0.05, 0.1) is 5.69 Å². The molecule has 0 spiro atoms. The average Bonchev–Trinajstić information content (AvgIpc) is 3.20. The van der Waals surface area contributed by atoms with Gasteiger partial charge in [0.2, 0.25) is 0 Å². The molecule has 0 unspecified atom stereocenters. The molecule has 0 aliphatic rings. The summed E-state index contributed by atoms with van der Waals surface area (Å²) in [6, 6.07) is 65.1. The van der Waals surface area contributed by atoms with Crippen LogP contribution in [0, 0.1) is 11.6 Å². The van der Waals surface area contributed by atoms with Gasteiger partial charge in [-0.3, -0.25) is 0 Å². The molecular formula is C48H33F2NS. The van der Waals surface area contributed by atoms with Crippen LogP contribution in [-0.2, 0) is 0 Å². The fraction of sp³-hybridized carbons (Fsp3) is 0. The van der Waals surface area contributed by atoms with Gasteiger partial charge < -0.3 is 4.90 Å². The van der Waals surface area contributed by atoms with Gasteiger partial charge in [0.1, 0.15) is 11.6 Å². The highest BCUT2D eigenvalue weighted by molar-refractivity contribution is 7.99. The fourth-order valence-electron chi connectivity index (χ4n) is 6.57. The summed E-state index contributed by atoms with van der Waals surface area (Å²) in [5.74, 6) is -0.586. The Kier molecular flexibility index (Phi) is 9.47. The van der Waals surface area contributed by atoms with Crippen LogP contribution in [0.5, 0.6) is 0 Å². The second-order valence-electron chi connectivity index (χ2n) is 12.4. The number of hydrogen-bond acceptors (Lipinski definition) is 2. The van der Waals surface area contributed by atoms with Gasteiger partial charge in [-0.1, -0.05) is 157 Å². The summed E-state index contributed by atoms with van der Waals surface area (Å²) < 4.78 is 31.8. The zero-order valence-corrected chi connectivity index (χ0v) is 29.0. The summed E-state index contributed by atoms with van der Waals surface area (Å²) in [6.07, 6.45) is 0. The molecule has 1 nitrogen and oxygen atoms in total. The first-order valence-electron chi connectivity index (χ1n) is 17.1. The fourth-order valence-corrected chi connectivity index (χ4v) is 7.50. The maximum atomic E-state index is 16.2. The molecule has 0 amide bonds. The largest absolute Gasteiger partial charge is 0.310 e. The van der Waals surface area contributed by atoms with Gasteiger partial charge in [0.15, 0.2) is 0 Å². The number of anilines is 3. The topological polar surface area (TPSA) is 3.24 Å². The molecule has 0 atom stereocenters. The van der Waals surface area contributed by atoms with E-state index in [0.29, 0.717) is 16.8 Å². The van der Waals surface area contributed by atoms with E-state index in [1.807, 2.05) is 133 Å². The number of para-hydroxylation sites is 1. The van der Waals surface area contributed by atoms with Crippen LogP contribution in [0.1, 0.15) is 0 Å². The van der Waals surface area contributed by atoms with Crippen molar-refractivity contribution < 1.29 is 8.78 Å². The lowest BCUT2D eigenvalue weighted by molar-refractivity contribution is 0.628. The smallest absolute Gasteiger partial charge is 0.133 e. The summed E-state index contributed by atoms with van der Waals surface area (Å²) >= 11 is 1.50. The van der Waals surface area contributed by atoms with Gasteiger partial charge >= 0.3 is 0 Å². The lowest BCUT2D eigenvalue weighted by atomic mass is 10.00. The third-order valence-electron chi connectivity index (χ3n) is 9.04. The van der Waals surface area contributed by atoms with Crippen molar-refractivity contribution >= 4 is 28.8 Å². The minimum absolute atomic E-state index is 0.275. The van der Waals surface area contributed by atoms with Crippen LogP contribution >= 0.6 is 11.8 Å². The van der Waals surface area contributed by atoms with Crippen molar-refractivity contribution in [3.8, 4) is 44.5 Å². The second kappa shape index (κ2) is 14.9. The van der Waals surface area contributed by atoms with Gasteiger partial charge in [-0.15, -0.1) is 0 Å². The number of hydrogen-bond donors (Lipinski definition) is 0. The van der Waals surface area contributed by atoms with Crippen LogP contribution in [0.15, 0.2) is 210 Å². The summed E-state index contributed by atoms with van der Waals surface area (Å²) in [4.78, 5) is 3.82. The quantitative estimate of drug-likeness (QED) is 0.148. The Labute approximate surface area is 307 Å². The molecule has 4 heteroatoms. The molecule has 250 valence electrons. The summed E-state index contributed by atoms with van der Waals surface area (Å²) in [7, 11) is 0. The number of nitrogens with zero attached hydrogens (tertiary/aromatic N) is 1. The Morgan fingerprint density at radius 3 is 1.40 bits per heavy atom. The van der Waals surface area contributed by atoms with Crippen molar-refractivity contribution in [2.24, 2.45) is 0 Å². The van der Waals surface area contributed by atoms with Crippen LogP contribution in [-0.4, -0.2) is 0 Å². The van der Waals surface area contributed by atoms with Gasteiger partial charge in [0.25, 0.3) is 0 Å². The predicted octanol–water partition coefficient (Wildman–Crippen LogP) is 14.3. The normalized spacial score (nSPS) is 11.0. The molecule has 0 aliphatic heterocycles. The van der Waals surface area contributed by atoms with Crippen LogP contribution < -0.4 is 4.90 Å². The highest BCUT2D eigenvalue weighted by atomic mass is 32.2. The third-order valence-corrected chi connectivity index (χ3v) is 10.0. The highest BCUT2D eigenvalue weighted by Crippen LogP contribution is 2.45. The van der Waals surface area contributed by atoms with Gasteiger partial charge in [0, 0.05) is 37.9 Å². The number of benzene rings is 8. The van der Waals surface area contributed by atoms with Gasteiger partial charge in [-0.25, -0.2) is 8.78 Å². The van der Waals surface area contributed by atoms with Crippen LogP contribution in [0.2, 0.25) is 0 Å². The molecule has 8 aromatic rings. The monoisotopic (exact) mass is 693 g/mol. The number of halogens is 2. The van der Waals surface area contributed by atoms with E-state index in [4.69, 9.17) is 0 Å². The molecule has 52 heavy (non-hydrogen) atoms. The van der Waals surface area contributed by atoms with Crippen molar-refractivity contribution in [1.29, 1.82) is 0 Å². The van der Waals surface area contributed by atoms with Gasteiger partial charge in [-0.2, -0.15) is 0 Å². The molecule has 0 aromatic heterocycles. The van der Waals surface area contributed by atoms with E-state index in [0.717, 1.165) is 54.5 Å². The van der Waals surface area contributed by atoms with Crippen molar-refractivity contribution in [1.82, 2.24) is 0 Å². The predicted molar refractivity (Wildman–Crippen MR) is 213 cm³/mol. The molecule has 0 heterocycles. The maximum absolute atomic E-state index is 16.2. The number of rotatable bonds is 9. The van der Waals surface area contributed by atoms with Crippen LogP contribution in [0.25, 0.3) is 44.5 Å². The molecule has 0 aliphatic carbocycles. The first-order chi connectivity index (χ1) is 25.6. The molecule has 0 radical (unpaired) electrons. The molecule has 0 fully saturated rings. The van der Waals surface area contributed by atoms with E-state index >= 15 is 8.78 Å². The SMILES string of the molecule is Fc1cc(Sc2cc(-c3ccccc3)cc(N(c3ccc(-c4ccccc4)c(F)c3)c3ccccc3-c3ccccc3)c2)ccc1-c1ccccc1. The first kappa shape index (κ1) is 32.9. The standard InChI is InChI=1S/C48H33F2NS/c49-46-32-39(25-27-43(46)35-17-7-2-8-18-35)51(48-24-14-13-23-45(48)37-21-11-4-12-22-37)40-29-38(34-15-5-1-6-16-34)30-42(31-40)52-41-26-28-44(47(50)33-41)36-19-9-3-10-20-36/h1-33H. The van der Waals surface area contributed by atoms with Gasteiger partial charge in [-0.05, 0) is 82.4 Å². The first-order valence-corrected chi connectivity index (χ1v) is 18.0. The van der Waals surface area contributed by atoms with Crippen molar-refractivity contribution in [3.63, 3.8) is 0 Å². The van der Waals surface area contributed by atoms with E-state index in [1.165, 1.54) is 11.8 Å². The molecule has 0 saturated heterocycles. The van der Waals surface area contributed by atoms with Crippen LogP contribution in [0.3, 0.4) is 0 Å². The maximum Gasteiger partial charge on any atom is 0.133 e. The lowest BCUT2D eigenvalue weighted by Gasteiger charge is -2.29. The molecular weight excluding hydrogens is 661 g/mol. The highest BCUT2D eigenvalue weighted by Gasteiger charge is 2.21. The van der Waals surface area contributed by atoms with E-state index < -0.39 is 0 Å². The summed E-state index contributed by atoms with van der Waals surface area (Å²) in [6.45, 7) is 0. The van der Waals surface area contributed by atoms with Crippen molar-refractivity contribution in [2.45, 2.75) is 9.79 Å². The van der Waals surface area contributed by atoms with Crippen molar-refractivity contribution in [3.05, 3.63) is 212 Å². The van der Waals surface area contributed by atoms with Crippen molar-refractivity contribution in [2.75, 3.05) is 4.90 Å². The Morgan fingerprint density at radius 2 is 0.827 bits per heavy atom.